The van der Waals surface area contributed by atoms with Gasteiger partial charge in [0.2, 0.25) is 0 Å². The van der Waals surface area contributed by atoms with Gasteiger partial charge in [-0.1, -0.05) is 0 Å². The summed E-state index contributed by atoms with van der Waals surface area (Å²) in [7, 11) is 0. The van der Waals surface area contributed by atoms with E-state index in [1.165, 1.54) is 0 Å². The molecule has 0 aromatic carbocycles. The molecule has 0 nitrogen and oxygen atoms in total. The topological polar surface area (TPSA) is 0 Å². The van der Waals surface area contributed by atoms with Crippen LogP contribution in [0.1, 0.15) is 62.3 Å². The van der Waals surface area contributed by atoms with Crippen LogP contribution in [-0.4, -0.2) is 18.9 Å². The molecule has 0 bridgehead atoms. The van der Waals surface area contributed by atoms with Gasteiger partial charge in [-0.3, -0.25) is 0 Å². The number of hydrogen-bond donors (Lipinski definition) is 0. The van der Waals surface area contributed by atoms with Crippen molar-refractivity contribution in [2.75, 3.05) is 0 Å². The van der Waals surface area contributed by atoms with Crippen molar-refractivity contribution < 1.29 is 0 Å². The van der Waals surface area contributed by atoms with Crippen LogP contribution in [0.15, 0.2) is 0 Å². The van der Waals surface area contributed by atoms with Crippen molar-refractivity contribution in [2.24, 2.45) is 16.2 Å². The molecule has 0 spiro atoms. The molecule has 103 valence electrons. The molecule has 0 aromatic rings. The monoisotopic (exact) mass is 253 g/mol. The Kier molecular flexibility index (Phi) is 15.7. The molecule has 1 radical (unpaired) electrons. The van der Waals surface area contributed by atoms with Crippen LogP contribution in [0.3, 0.4) is 0 Å². The third-order valence-electron chi connectivity index (χ3n) is 1.30. The maximum atomic E-state index is 5.06. The fourth-order valence-electron chi connectivity index (χ4n) is 0. The zero-order valence-electron chi connectivity index (χ0n) is 14.7. The third kappa shape index (κ3) is 58.9. The van der Waals surface area contributed by atoms with E-state index in [4.69, 9.17) is 19.3 Å². The SMILES string of the molecule is C#CC(C)(C)C.C#CC(C)(C)C.C#CC(C)(C)C.[Li]. The first-order valence-electron chi connectivity index (χ1n) is 6.12. The average Bonchev–Trinajstić information content (AvgIpc) is 2.16. The molecular weight excluding hydrogens is 223 g/mol. The summed E-state index contributed by atoms with van der Waals surface area (Å²) in [6.45, 7) is 18.1. The fraction of sp³-hybridized carbons (Fsp3) is 0.667. The second kappa shape index (κ2) is 11.1. The van der Waals surface area contributed by atoms with E-state index >= 15 is 0 Å². The van der Waals surface area contributed by atoms with Gasteiger partial charge in [0.25, 0.3) is 0 Å². The van der Waals surface area contributed by atoms with E-state index in [2.05, 4.69) is 17.8 Å². The van der Waals surface area contributed by atoms with Gasteiger partial charge in [0.1, 0.15) is 0 Å². The molecule has 0 rings (SSSR count). The quantitative estimate of drug-likeness (QED) is 0.436. The predicted molar refractivity (Wildman–Crippen MR) is 90.6 cm³/mol. The van der Waals surface area contributed by atoms with Crippen LogP contribution in [0.2, 0.25) is 0 Å². The Morgan fingerprint density at radius 1 is 0.474 bits per heavy atom. The molecule has 1 heteroatoms. The molecule has 0 aromatic heterocycles. The molecule has 0 saturated heterocycles. The van der Waals surface area contributed by atoms with E-state index in [-0.39, 0.29) is 35.1 Å². The number of hydrogen-bond acceptors (Lipinski definition) is 0. The Labute approximate surface area is 134 Å². The average molecular weight is 253 g/mol. The molecule has 0 atom stereocenters. The van der Waals surface area contributed by atoms with Crippen LogP contribution in [0.25, 0.3) is 0 Å². The van der Waals surface area contributed by atoms with Crippen molar-refractivity contribution in [1.82, 2.24) is 0 Å². The summed E-state index contributed by atoms with van der Waals surface area (Å²) in [4.78, 5) is 0. The Morgan fingerprint density at radius 2 is 0.526 bits per heavy atom. The van der Waals surface area contributed by atoms with Crippen molar-refractivity contribution in [1.29, 1.82) is 0 Å². The minimum Gasteiger partial charge on any atom is -0.120 e. The van der Waals surface area contributed by atoms with E-state index in [0.717, 1.165) is 0 Å². The molecular formula is C18H30Li. The molecule has 0 aliphatic rings. The third-order valence-corrected chi connectivity index (χ3v) is 1.30. The van der Waals surface area contributed by atoms with Crippen molar-refractivity contribution in [3.05, 3.63) is 0 Å². The predicted octanol–water partition coefficient (Wildman–Crippen LogP) is 4.62. The minimum atomic E-state index is 0. The van der Waals surface area contributed by atoms with Crippen molar-refractivity contribution in [3.63, 3.8) is 0 Å². The van der Waals surface area contributed by atoms with E-state index < -0.39 is 0 Å². The maximum absolute atomic E-state index is 5.06. The van der Waals surface area contributed by atoms with Gasteiger partial charge >= 0.3 is 0 Å². The zero-order chi connectivity index (χ0) is 15.6. The summed E-state index contributed by atoms with van der Waals surface area (Å²) in [5, 5.41) is 0. The molecule has 0 fully saturated rings. The van der Waals surface area contributed by atoms with Gasteiger partial charge in [-0.15, -0.1) is 37.0 Å². The molecule has 0 amide bonds. The van der Waals surface area contributed by atoms with Crippen LogP contribution >= 0.6 is 0 Å². The second-order valence-electron chi connectivity index (χ2n) is 7.18. The van der Waals surface area contributed by atoms with E-state index in [0.29, 0.717) is 0 Å². The fourth-order valence-corrected chi connectivity index (χ4v) is 0. The Hall–Kier alpha value is -0.723. The Balaban J connectivity index is -0.0000000865. The van der Waals surface area contributed by atoms with Gasteiger partial charge in [-0.2, -0.15) is 0 Å². The summed E-state index contributed by atoms with van der Waals surface area (Å²) < 4.78 is 0. The van der Waals surface area contributed by atoms with Crippen LogP contribution in [0.4, 0.5) is 0 Å². The van der Waals surface area contributed by atoms with Crippen LogP contribution in [0.5, 0.6) is 0 Å². The van der Waals surface area contributed by atoms with Crippen molar-refractivity contribution in [2.45, 2.75) is 62.3 Å². The molecule has 0 aliphatic carbocycles. The van der Waals surface area contributed by atoms with Crippen LogP contribution in [-0.2, 0) is 0 Å². The second-order valence-corrected chi connectivity index (χ2v) is 7.18. The Bertz CT molecular complexity index is 264. The van der Waals surface area contributed by atoms with E-state index in [1.54, 1.807) is 0 Å². The molecule has 0 heterocycles. The molecule has 0 unspecified atom stereocenters. The van der Waals surface area contributed by atoms with Gasteiger partial charge < -0.3 is 0 Å². The smallest absolute Gasteiger partial charge is 0.0227 e. The summed E-state index contributed by atoms with van der Waals surface area (Å²) in [6.07, 6.45) is 15.2. The van der Waals surface area contributed by atoms with Crippen molar-refractivity contribution >= 4 is 18.9 Å². The molecule has 0 N–H and O–H groups in total. The van der Waals surface area contributed by atoms with Crippen molar-refractivity contribution in [3.8, 4) is 37.0 Å². The summed E-state index contributed by atoms with van der Waals surface area (Å²) in [5.41, 5.74) is 0.208. The van der Waals surface area contributed by atoms with E-state index in [9.17, 15) is 0 Å². The van der Waals surface area contributed by atoms with Gasteiger partial charge in [0.05, 0.1) is 0 Å². The molecule has 0 saturated carbocycles. The van der Waals surface area contributed by atoms with Gasteiger partial charge in [0.15, 0.2) is 0 Å². The molecule has 19 heavy (non-hydrogen) atoms. The Morgan fingerprint density at radius 3 is 0.526 bits per heavy atom. The summed E-state index contributed by atoms with van der Waals surface area (Å²) >= 11 is 0. The van der Waals surface area contributed by atoms with Gasteiger partial charge in [-0.05, 0) is 62.3 Å². The minimum absolute atomic E-state index is 0. The summed E-state index contributed by atoms with van der Waals surface area (Å²) in [6, 6.07) is 0. The molecule has 0 aliphatic heterocycles. The zero-order valence-corrected chi connectivity index (χ0v) is 14.7. The maximum Gasteiger partial charge on any atom is 0.0227 e. The van der Waals surface area contributed by atoms with Gasteiger partial charge in [-0.25, -0.2) is 0 Å². The normalized spacial score (nSPS) is 9.79. The summed E-state index contributed by atoms with van der Waals surface area (Å²) in [5.74, 6) is 7.81. The first-order valence-corrected chi connectivity index (χ1v) is 6.12. The number of rotatable bonds is 0. The number of terminal acetylenes is 3. The van der Waals surface area contributed by atoms with Crippen LogP contribution in [0, 0.1) is 53.3 Å². The van der Waals surface area contributed by atoms with E-state index in [1.807, 2.05) is 62.3 Å². The van der Waals surface area contributed by atoms with Gasteiger partial charge in [0, 0.05) is 35.1 Å². The largest absolute Gasteiger partial charge is 0.120 e. The first kappa shape index (κ1) is 26.8. The van der Waals surface area contributed by atoms with Crippen LogP contribution < -0.4 is 0 Å². The first-order chi connectivity index (χ1) is 7.68. The standard InChI is InChI=1S/3C6H10.Li/c3*1-5-6(2,3)4;/h3*1H,2-4H3;.